The number of hydrogen-bond donors (Lipinski definition) is 1. The molecule has 0 saturated carbocycles. The number of anilines is 1. The summed E-state index contributed by atoms with van der Waals surface area (Å²) in [6, 6.07) is 14.3. The number of carbonyl (C=O) groups excluding carboxylic acids is 2. The van der Waals surface area contributed by atoms with Crippen LogP contribution >= 0.6 is 0 Å². The molecule has 0 bridgehead atoms. The SMILES string of the molecule is Cc1ccc(NC(=O)COC(=O)[C@@H](Cc2ccccc2)n2cnnn2)cc1C. The molecule has 1 atom stereocenters. The van der Waals surface area contributed by atoms with Crippen LogP contribution in [0.3, 0.4) is 0 Å². The van der Waals surface area contributed by atoms with Crippen molar-refractivity contribution in [1.82, 2.24) is 20.2 Å². The fourth-order valence-electron chi connectivity index (χ4n) is 2.68. The number of nitrogens with one attached hydrogen (secondary N) is 1. The first kappa shape index (κ1) is 19.2. The van der Waals surface area contributed by atoms with Gasteiger partial charge >= 0.3 is 5.97 Å². The Labute approximate surface area is 162 Å². The molecule has 144 valence electrons. The van der Waals surface area contributed by atoms with Gasteiger partial charge in [0.2, 0.25) is 0 Å². The molecule has 0 radical (unpaired) electrons. The van der Waals surface area contributed by atoms with E-state index in [1.165, 1.54) is 11.0 Å². The van der Waals surface area contributed by atoms with E-state index >= 15 is 0 Å². The van der Waals surface area contributed by atoms with E-state index in [9.17, 15) is 9.59 Å². The largest absolute Gasteiger partial charge is 0.454 e. The molecule has 8 heteroatoms. The number of benzene rings is 2. The topological polar surface area (TPSA) is 99.0 Å². The van der Waals surface area contributed by atoms with E-state index in [0.29, 0.717) is 12.1 Å². The molecule has 28 heavy (non-hydrogen) atoms. The minimum absolute atomic E-state index is 0.351. The summed E-state index contributed by atoms with van der Waals surface area (Å²) in [6.45, 7) is 3.57. The summed E-state index contributed by atoms with van der Waals surface area (Å²) in [6.07, 6.45) is 1.70. The molecule has 0 aliphatic rings. The molecule has 0 aliphatic carbocycles. The maximum absolute atomic E-state index is 12.6. The summed E-state index contributed by atoms with van der Waals surface area (Å²) in [5.74, 6) is -0.988. The molecule has 0 saturated heterocycles. The zero-order valence-corrected chi connectivity index (χ0v) is 15.7. The van der Waals surface area contributed by atoms with E-state index in [0.717, 1.165) is 16.7 Å². The fourth-order valence-corrected chi connectivity index (χ4v) is 2.68. The lowest BCUT2D eigenvalue weighted by Crippen LogP contribution is -2.28. The monoisotopic (exact) mass is 379 g/mol. The second-order valence-electron chi connectivity index (χ2n) is 6.45. The van der Waals surface area contributed by atoms with E-state index in [2.05, 4.69) is 20.8 Å². The van der Waals surface area contributed by atoms with E-state index in [4.69, 9.17) is 4.74 Å². The Kier molecular flexibility index (Phi) is 6.11. The lowest BCUT2D eigenvalue weighted by Gasteiger charge is -2.15. The first-order valence-electron chi connectivity index (χ1n) is 8.83. The molecule has 0 spiro atoms. The molecule has 1 aromatic heterocycles. The van der Waals surface area contributed by atoms with Gasteiger partial charge in [-0.25, -0.2) is 9.48 Å². The van der Waals surface area contributed by atoms with Crippen molar-refractivity contribution in [2.24, 2.45) is 0 Å². The van der Waals surface area contributed by atoms with Crippen LogP contribution in [0, 0.1) is 13.8 Å². The van der Waals surface area contributed by atoms with Crippen LogP contribution in [0.25, 0.3) is 0 Å². The van der Waals surface area contributed by atoms with Gasteiger partial charge in [0.25, 0.3) is 5.91 Å². The van der Waals surface area contributed by atoms with Gasteiger partial charge in [-0.05, 0) is 53.1 Å². The van der Waals surface area contributed by atoms with Gasteiger partial charge in [0.1, 0.15) is 6.33 Å². The molecular weight excluding hydrogens is 358 g/mol. The summed E-state index contributed by atoms with van der Waals surface area (Å²) in [5.41, 5.74) is 3.79. The second kappa shape index (κ2) is 8.90. The van der Waals surface area contributed by atoms with Crippen molar-refractivity contribution < 1.29 is 14.3 Å². The Morgan fingerprint density at radius 3 is 2.57 bits per heavy atom. The number of hydrogen-bond acceptors (Lipinski definition) is 6. The van der Waals surface area contributed by atoms with Gasteiger partial charge in [0.05, 0.1) is 0 Å². The van der Waals surface area contributed by atoms with Gasteiger partial charge in [0.15, 0.2) is 12.6 Å². The highest BCUT2D eigenvalue weighted by atomic mass is 16.5. The lowest BCUT2D eigenvalue weighted by molar-refractivity contribution is -0.151. The third-order valence-electron chi connectivity index (χ3n) is 4.36. The number of aromatic nitrogens is 4. The zero-order chi connectivity index (χ0) is 19.9. The van der Waals surface area contributed by atoms with Crippen LogP contribution in [-0.4, -0.2) is 38.7 Å². The third kappa shape index (κ3) is 5.00. The maximum atomic E-state index is 12.6. The fraction of sp³-hybridized carbons (Fsp3) is 0.250. The number of ether oxygens (including phenoxy) is 1. The number of tetrazole rings is 1. The Morgan fingerprint density at radius 2 is 1.89 bits per heavy atom. The average Bonchev–Trinajstić information content (AvgIpc) is 3.22. The van der Waals surface area contributed by atoms with Crippen molar-refractivity contribution in [3.63, 3.8) is 0 Å². The van der Waals surface area contributed by atoms with Crippen LogP contribution in [0.1, 0.15) is 22.7 Å². The van der Waals surface area contributed by atoms with Gasteiger partial charge in [-0.1, -0.05) is 36.4 Å². The summed E-state index contributed by atoms with van der Waals surface area (Å²) < 4.78 is 6.55. The Balaban J connectivity index is 1.61. The molecule has 0 aliphatic heterocycles. The van der Waals surface area contributed by atoms with Crippen LogP contribution in [0.5, 0.6) is 0 Å². The first-order valence-corrected chi connectivity index (χ1v) is 8.83. The van der Waals surface area contributed by atoms with E-state index in [1.807, 2.05) is 56.3 Å². The van der Waals surface area contributed by atoms with Crippen molar-refractivity contribution in [3.05, 3.63) is 71.5 Å². The van der Waals surface area contributed by atoms with Crippen molar-refractivity contribution in [3.8, 4) is 0 Å². The average molecular weight is 379 g/mol. The van der Waals surface area contributed by atoms with Gasteiger partial charge < -0.3 is 10.1 Å². The Morgan fingerprint density at radius 1 is 1.11 bits per heavy atom. The minimum Gasteiger partial charge on any atom is -0.454 e. The van der Waals surface area contributed by atoms with Crippen molar-refractivity contribution >= 4 is 17.6 Å². The van der Waals surface area contributed by atoms with Crippen molar-refractivity contribution in [2.75, 3.05) is 11.9 Å². The minimum atomic E-state index is -0.758. The Hall–Kier alpha value is -3.55. The molecule has 2 aromatic carbocycles. The van der Waals surface area contributed by atoms with Gasteiger partial charge in [-0.3, -0.25) is 4.79 Å². The van der Waals surface area contributed by atoms with Gasteiger partial charge in [-0.15, -0.1) is 5.10 Å². The van der Waals surface area contributed by atoms with Gasteiger partial charge in [-0.2, -0.15) is 0 Å². The van der Waals surface area contributed by atoms with Crippen LogP contribution < -0.4 is 5.32 Å². The van der Waals surface area contributed by atoms with Crippen LogP contribution in [0.15, 0.2) is 54.9 Å². The lowest BCUT2D eigenvalue weighted by atomic mass is 10.1. The number of amides is 1. The predicted molar refractivity (Wildman–Crippen MR) is 103 cm³/mol. The number of nitrogens with zero attached hydrogens (tertiary/aromatic N) is 4. The quantitative estimate of drug-likeness (QED) is 0.632. The van der Waals surface area contributed by atoms with Crippen LogP contribution in [0.4, 0.5) is 5.69 Å². The number of aryl methyl sites for hydroxylation is 2. The number of carbonyl (C=O) groups is 2. The molecule has 1 heterocycles. The summed E-state index contributed by atoms with van der Waals surface area (Å²) in [4.78, 5) is 24.7. The van der Waals surface area contributed by atoms with Crippen LogP contribution in [0.2, 0.25) is 0 Å². The second-order valence-corrected chi connectivity index (χ2v) is 6.45. The molecule has 8 nitrogen and oxygen atoms in total. The summed E-state index contributed by atoms with van der Waals surface area (Å²) in [5, 5.41) is 13.7. The first-order chi connectivity index (χ1) is 13.5. The van der Waals surface area contributed by atoms with Crippen molar-refractivity contribution in [2.45, 2.75) is 26.3 Å². The molecule has 1 amide bonds. The van der Waals surface area contributed by atoms with Crippen molar-refractivity contribution in [1.29, 1.82) is 0 Å². The van der Waals surface area contributed by atoms with E-state index in [1.54, 1.807) is 6.07 Å². The smallest absolute Gasteiger partial charge is 0.331 e. The predicted octanol–water partition coefficient (Wildman–Crippen LogP) is 2.26. The van der Waals surface area contributed by atoms with Crippen LogP contribution in [-0.2, 0) is 20.7 Å². The summed E-state index contributed by atoms with van der Waals surface area (Å²) in [7, 11) is 0. The molecular formula is C20H21N5O3. The highest BCUT2D eigenvalue weighted by molar-refractivity contribution is 5.93. The summed E-state index contributed by atoms with van der Waals surface area (Å²) >= 11 is 0. The van der Waals surface area contributed by atoms with E-state index in [-0.39, 0.29) is 6.61 Å². The molecule has 0 unspecified atom stereocenters. The number of rotatable bonds is 7. The Bertz CT molecular complexity index is 942. The molecule has 3 rings (SSSR count). The highest BCUT2D eigenvalue weighted by Crippen LogP contribution is 2.16. The van der Waals surface area contributed by atoms with E-state index < -0.39 is 17.9 Å². The zero-order valence-electron chi connectivity index (χ0n) is 15.7. The third-order valence-corrected chi connectivity index (χ3v) is 4.36. The maximum Gasteiger partial charge on any atom is 0.331 e. The molecule has 3 aromatic rings. The van der Waals surface area contributed by atoms with Gasteiger partial charge in [0, 0.05) is 12.1 Å². The normalized spacial score (nSPS) is 11.6. The molecule has 0 fully saturated rings. The molecule has 1 N–H and O–H groups in total. The standard InChI is InChI=1S/C20H21N5O3/c1-14-8-9-17(10-15(14)2)22-19(26)12-28-20(27)18(25-13-21-23-24-25)11-16-6-4-3-5-7-16/h3-10,13,18H,11-12H2,1-2H3,(H,22,26)/t18-/m1/s1. The number of esters is 1. The highest BCUT2D eigenvalue weighted by Gasteiger charge is 2.24.